The SMILES string of the molecule is Cc1ccc(F)cc1CC(=O)c1ccc(F)c(F)c1F. The van der Waals surface area contributed by atoms with Crippen molar-refractivity contribution in [3.63, 3.8) is 0 Å². The van der Waals surface area contributed by atoms with Crippen molar-refractivity contribution >= 4 is 5.78 Å². The smallest absolute Gasteiger partial charge is 0.195 e. The first-order valence-electron chi connectivity index (χ1n) is 5.82. The van der Waals surface area contributed by atoms with Crippen LogP contribution in [0.4, 0.5) is 17.6 Å². The summed E-state index contributed by atoms with van der Waals surface area (Å²) in [5.41, 5.74) is 0.481. The predicted molar refractivity (Wildman–Crippen MR) is 65.5 cm³/mol. The molecule has 1 nitrogen and oxygen atoms in total. The van der Waals surface area contributed by atoms with E-state index in [1.54, 1.807) is 6.92 Å². The van der Waals surface area contributed by atoms with Gasteiger partial charge in [-0.25, -0.2) is 17.6 Å². The molecule has 0 saturated heterocycles. The normalized spacial score (nSPS) is 10.7. The largest absolute Gasteiger partial charge is 0.294 e. The van der Waals surface area contributed by atoms with Crippen molar-refractivity contribution in [2.75, 3.05) is 0 Å². The lowest BCUT2D eigenvalue weighted by Gasteiger charge is -2.07. The number of Topliss-reactive ketones (excluding diaryl/α,β-unsaturated/α-hetero) is 1. The number of hydrogen-bond acceptors (Lipinski definition) is 1. The van der Waals surface area contributed by atoms with E-state index in [-0.39, 0.29) is 6.42 Å². The van der Waals surface area contributed by atoms with Gasteiger partial charge in [-0.2, -0.15) is 0 Å². The fourth-order valence-corrected chi connectivity index (χ4v) is 1.84. The number of halogens is 4. The molecule has 0 aliphatic heterocycles. The molecule has 5 heteroatoms. The Morgan fingerprint density at radius 3 is 2.40 bits per heavy atom. The van der Waals surface area contributed by atoms with Crippen molar-refractivity contribution in [2.45, 2.75) is 13.3 Å². The first-order valence-corrected chi connectivity index (χ1v) is 5.82. The van der Waals surface area contributed by atoms with Crippen LogP contribution in [0, 0.1) is 30.2 Å². The van der Waals surface area contributed by atoms with Crippen LogP contribution in [0.5, 0.6) is 0 Å². The molecule has 2 aromatic rings. The van der Waals surface area contributed by atoms with E-state index in [1.807, 2.05) is 0 Å². The zero-order chi connectivity index (χ0) is 14.9. The number of carbonyl (C=O) groups excluding carboxylic acids is 1. The summed E-state index contributed by atoms with van der Waals surface area (Å²) in [7, 11) is 0. The molecule has 0 amide bonds. The van der Waals surface area contributed by atoms with Gasteiger partial charge in [-0.1, -0.05) is 6.07 Å². The Kier molecular flexibility index (Phi) is 3.88. The Labute approximate surface area is 112 Å². The van der Waals surface area contributed by atoms with Gasteiger partial charge < -0.3 is 0 Å². The van der Waals surface area contributed by atoms with E-state index in [0.717, 1.165) is 12.1 Å². The minimum atomic E-state index is -1.69. The molecule has 0 aliphatic carbocycles. The van der Waals surface area contributed by atoms with E-state index in [2.05, 4.69) is 0 Å². The van der Waals surface area contributed by atoms with Crippen molar-refractivity contribution in [2.24, 2.45) is 0 Å². The molecule has 0 unspecified atom stereocenters. The van der Waals surface area contributed by atoms with E-state index in [4.69, 9.17) is 0 Å². The summed E-state index contributed by atoms with van der Waals surface area (Å²) in [6.07, 6.45) is -0.286. The van der Waals surface area contributed by atoms with E-state index in [9.17, 15) is 22.4 Å². The molecule has 0 aliphatic rings. The summed E-state index contributed by atoms with van der Waals surface area (Å²) in [6.45, 7) is 1.67. The van der Waals surface area contributed by atoms with Gasteiger partial charge in [0.25, 0.3) is 0 Å². The zero-order valence-electron chi connectivity index (χ0n) is 10.5. The van der Waals surface area contributed by atoms with Crippen molar-refractivity contribution in [1.82, 2.24) is 0 Å². The molecule has 104 valence electrons. The van der Waals surface area contributed by atoms with Gasteiger partial charge in [-0.3, -0.25) is 4.79 Å². The lowest BCUT2D eigenvalue weighted by Crippen LogP contribution is -2.09. The highest BCUT2D eigenvalue weighted by Gasteiger charge is 2.19. The van der Waals surface area contributed by atoms with Crippen LogP contribution in [-0.4, -0.2) is 5.78 Å². The number of rotatable bonds is 3. The lowest BCUT2D eigenvalue weighted by atomic mass is 9.99. The summed E-state index contributed by atoms with van der Waals surface area (Å²) in [4.78, 5) is 11.9. The van der Waals surface area contributed by atoms with Crippen molar-refractivity contribution in [3.8, 4) is 0 Å². The average Bonchev–Trinajstić information content (AvgIpc) is 2.40. The molecule has 0 heterocycles. The first-order chi connectivity index (χ1) is 9.40. The van der Waals surface area contributed by atoms with Gasteiger partial charge in [0.15, 0.2) is 23.2 Å². The summed E-state index contributed by atoms with van der Waals surface area (Å²) < 4.78 is 52.4. The minimum absolute atomic E-state index is 0.286. The molecular weight excluding hydrogens is 272 g/mol. The average molecular weight is 282 g/mol. The van der Waals surface area contributed by atoms with Crippen LogP contribution in [0.1, 0.15) is 21.5 Å². The maximum absolute atomic E-state index is 13.5. The van der Waals surface area contributed by atoms with Gasteiger partial charge >= 0.3 is 0 Å². The lowest BCUT2D eigenvalue weighted by molar-refractivity contribution is 0.0987. The highest BCUT2D eigenvalue weighted by atomic mass is 19.2. The van der Waals surface area contributed by atoms with Crippen molar-refractivity contribution < 1.29 is 22.4 Å². The van der Waals surface area contributed by atoms with Crippen LogP contribution in [0.3, 0.4) is 0 Å². The second-order valence-electron chi connectivity index (χ2n) is 4.39. The fraction of sp³-hybridized carbons (Fsp3) is 0.133. The van der Waals surface area contributed by atoms with E-state index >= 15 is 0 Å². The molecule has 20 heavy (non-hydrogen) atoms. The molecule has 0 atom stereocenters. The Hall–Kier alpha value is -2.17. The van der Waals surface area contributed by atoms with Gasteiger partial charge in [-0.15, -0.1) is 0 Å². The summed E-state index contributed by atoms with van der Waals surface area (Å²) in [6, 6.07) is 5.45. The highest BCUT2D eigenvalue weighted by molar-refractivity contribution is 5.97. The van der Waals surface area contributed by atoms with Gasteiger partial charge in [-0.05, 0) is 42.3 Å². The van der Waals surface area contributed by atoms with Gasteiger partial charge in [0.1, 0.15) is 5.82 Å². The molecular formula is C15H10F4O. The zero-order valence-corrected chi connectivity index (χ0v) is 10.5. The second-order valence-corrected chi connectivity index (χ2v) is 4.39. The molecule has 2 aromatic carbocycles. The summed E-state index contributed by atoms with van der Waals surface area (Å²) >= 11 is 0. The monoisotopic (exact) mass is 282 g/mol. The molecule has 0 saturated carbocycles. The third-order valence-electron chi connectivity index (χ3n) is 3.00. The topological polar surface area (TPSA) is 17.1 Å². The van der Waals surface area contributed by atoms with Gasteiger partial charge in [0.2, 0.25) is 0 Å². The maximum atomic E-state index is 13.5. The van der Waals surface area contributed by atoms with Crippen molar-refractivity contribution in [3.05, 3.63) is 70.3 Å². The third-order valence-corrected chi connectivity index (χ3v) is 3.00. The molecule has 0 aromatic heterocycles. The predicted octanol–water partition coefficient (Wildman–Crippen LogP) is 3.98. The van der Waals surface area contributed by atoms with Crippen LogP contribution in [-0.2, 0) is 6.42 Å². The van der Waals surface area contributed by atoms with Crippen molar-refractivity contribution in [1.29, 1.82) is 0 Å². The number of aryl methyl sites for hydroxylation is 1. The van der Waals surface area contributed by atoms with Crippen LogP contribution in [0.2, 0.25) is 0 Å². The Morgan fingerprint density at radius 2 is 1.70 bits per heavy atom. The number of benzene rings is 2. The van der Waals surface area contributed by atoms with Crippen LogP contribution in [0.25, 0.3) is 0 Å². The Balaban J connectivity index is 2.33. The quantitative estimate of drug-likeness (QED) is 0.473. The van der Waals surface area contributed by atoms with Gasteiger partial charge in [0.05, 0.1) is 5.56 Å². The number of hydrogen-bond donors (Lipinski definition) is 0. The van der Waals surface area contributed by atoms with Gasteiger partial charge in [0, 0.05) is 6.42 Å². The molecule has 0 fully saturated rings. The first kappa shape index (κ1) is 14.2. The van der Waals surface area contributed by atoms with E-state index in [0.29, 0.717) is 17.2 Å². The second kappa shape index (κ2) is 5.45. The molecule has 0 spiro atoms. The Morgan fingerprint density at radius 1 is 1.00 bits per heavy atom. The molecule has 2 rings (SSSR count). The van der Waals surface area contributed by atoms with E-state index < -0.39 is 34.6 Å². The number of ketones is 1. The standard InChI is InChI=1S/C15H10F4O/c1-8-2-3-10(16)6-9(8)7-13(20)11-4-5-12(17)15(19)14(11)18/h2-6H,7H2,1H3. The summed E-state index contributed by atoms with van der Waals surface area (Å²) in [5, 5.41) is 0. The molecule has 0 radical (unpaired) electrons. The fourth-order valence-electron chi connectivity index (χ4n) is 1.84. The minimum Gasteiger partial charge on any atom is -0.294 e. The van der Waals surface area contributed by atoms with Crippen LogP contribution in [0.15, 0.2) is 30.3 Å². The maximum Gasteiger partial charge on any atom is 0.195 e. The third kappa shape index (κ3) is 2.71. The highest BCUT2D eigenvalue weighted by Crippen LogP contribution is 2.19. The van der Waals surface area contributed by atoms with Crippen LogP contribution < -0.4 is 0 Å². The Bertz CT molecular complexity index is 680. The number of carbonyl (C=O) groups is 1. The van der Waals surface area contributed by atoms with E-state index in [1.165, 1.54) is 12.1 Å². The summed E-state index contributed by atoms with van der Waals surface area (Å²) in [5.74, 6) is -5.84. The molecule has 0 bridgehead atoms. The van der Waals surface area contributed by atoms with Crippen LogP contribution >= 0.6 is 0 Å². The molecule has 0 N–H and O–H groups in total.